The molecule has 158 valence electrons. The highest BCUT2D eigenvalue weighted by atomic mass is 16.5. The van der Waals surface area contributed by atoms with Gasteiger partial charge in [0.15, 0.2) is 17.5 Å². The summed E-state index contributed by atoms with van der Waals surface area (Å²) in [6.07, 6.45) is 1.03. The molecule has 2 aromatic carbocycles. The summed E-state index contributed by atoms with van der Waals surface area (Å²) in [4.78, 5) is 6.69. The molecule has 0 aliphatic carbocycles. The molecule has 0 aromatic heterocycles. The minimum atomic E-state index is 0.465. The van der Waals surface area contributed by atoms with E-state index in [1.54, 1.807) is 21.3 Å². The number of ether oxygens (including phenoxy) is 2. The Hall–Kier alpha value is -2.73. The summed E-state index contributed by atoms with van der Waals surface area (Å²) in [6.45, 7) is 4.72. The maximum absolute atomic E-state index is 5.36. The van der Waals surface area contributed by atoms with E-state index in [0.717, 1.165) is 42.5 Å². The Balaban J connectivity index is 1.76. The predicted octanol–water partition coefficient (Wildman–Crippen LogP) is 3.28. The molecule has 29 heavy (non-hydrogen) atoms. The number of aliphatic imine (C=N–C) groups is 1. The molecule has 0 radical (unpaired) electrons. The van der Waals surface area contributed by atoms with E-state index in [0.29, 0.717) is 12.6 Å². The smallest absolute Gasteiger partial charge is 0.191 e. The van der Waals surface area contributed by atoms with Crippen LogP contribution in [0.3, 0.4) is 0 Å². The number of guanidine groups is 1. The fourth-order valence-electron chi connectivity index (χ4n) is 3.04. The Morgan fingerprint density at radius 1 is 1.00 bits per heavy atom. The van der Waals surface area contributed by atoms with E-state index in [1.807, 2.05) is 18.2 Å². The van der Waals surface area contributed by atoms with Gasteiger partial charge in [-0.3, -0.25) is 9.89 Å². The normalized spacial score (nSPS) is 12.6. The van der Waals surface area contributed by atoms with Gasteiger partial charge in [-0.05, 0) is 43.7 Å². The average Bonchev–Trinajstić information content (AvgIpc) is 2.76. The lowest BCUT2D eigenvalue weighted by Crippen LogP contribution is -2.39. The van der Waals surface area contributed by atoms with Gasteiger partial charge < -0.3 is 20.1 Å². The second-order valence-corrected chi connectivity index (χ2v) is 7.08. The van der Waals surface area contributed by atoms with Gasteiger partial charge in [-0.2, -0.15) is 0 Å². The Morgan fingerprint density at radius 2 is 1.72 bits per heavy atom. The molecular formula is C23H34N4O2. The maximum Gasteiger partial charge on any atom is 0.191 e. The Labute approximate surface area is 174 Å². The molecule has 0 heterocycles. The van der Waals surface area contributed by atoms with E-state index in [1.165, 1.54) is 5.56 Å². The van der Waals surface area contributed by atoms with Gasteiger partial charge >= 0.3 is 0 Å². The number of methoxy groups -OCH3 is 2. The number of nitrogens with one attached hydrogen (secondary N) is 2. The van der Waals surface area contributed by atoms with Crippen molar-refractivity contribution in [1.82, 2.24) is 15.5 Å². The van der Waals surface area contributed by atoms with E-state index in [-0.39, 0.29) is 0 Å². The van der Waals surface area contributed by atoms with Crippen molar-refractivity contribution in [1.29, 1.82) is 0 Å². The zero-order valence-electron chi connectivity index (χ0n) is 18.2. The van der Waals surface area contributed by atoms with Crippen LogP contribution in [0.15, 0.2) is 53.5 Å². The van der Waals surface area contributed by atoms with Crippen molar-refractivity contribution >= 4 is 5.96 Å². The molecule has 0 saturated heterocycles. The molecule has 0 bridgehead atoms. The van der Waals surface area contributed by atoms with E-state index < -0.39 is 0 Å². The summed E-state index contributed by atoms with van der Waals surface area (Å²) in [5.74, 6) is 2.25. The van der Waals surface area contributed by atoms with Crippen LogP contribution >= 0.6 is 0 Å². The van der Waals surface area contributed by atoms with Crippen LogP contribution < -0.4 is 20.1 Å². The lowest BCUT2D eigenvalue weighted by Gasteiger charge is -2.25. The fourth-order valence-corrected chi connectivity index (χ4v) is 3.04. The monoisotopic (exact) mass is 398 g/mol. The van der Waals surface area contributed by atoms with Crippen LogP contribution in [0.4, 0.5) is 0 Å². The Bertz CT molecular complexity index is 765. The van der Waals surface area contributed by atoms with Gasteiger partial charge in [0.25, 0.3) is 0 Å². The molecule has 0 aliphatic rings. The van der Waals surface area contributed by atoms with Crippen molar-refractivity contribution in [3.63, 3.8) is 0 Å². The second kappa shape index (κ2) is 12.0. The van der Waals surface area contributed by atoms with E-state index in [9.17, 15) is 0 Å². The topological polar surface area (TPSA) is 58.1 Å². The largest absolute Gasteiger partial charge is 0.493 e. The van der Waals surface area contributed by atoms with E-state index in [2.05, 4.69) is 64.8 Å². The first-order valence-corrected chi connectivity index (χ1v) is 9.97. The number of hydrogen-bond acceptors (Lipinski definition) is 4. The van der Waals surface area contributed by atoms with Gasteiger partial charge in [-0.15, -0.1) is 0 Å². The average molecular weight is 399 g/mol. The highest BCUT2D eigenvalue weighted by molar-refractivity contribution is 5.79. The van der Waals surface area contributed by atoms with Crippen molar-refractivity contribution < 1.29 is 9.47 Å². The zero-order chi connectivity index (χ0) is 21.1. The molecule has 6 nitrogen and oxygen atoms in total. The first-order valence-electron chi connectivity index (χ1n) is 9.97. The highest BCUT2D eigenvalue weighted by Gasteiger charge is 2.10. The third kappa shape index (κ3) is 7.31. The van der Waals surface area contributed by atoms with Gasteiger partial charge in [-0.1, -0.05) is 36.4 Å². The summed E-state index contributed by atoms with van der Waals surface area (Å²) in [7, 11) is 7.24. The SMILES string of the molecule is CN=C(NCCC(C)N(C)Cc1ccccc1)NCc1ccc(OC)c(OC)c1. The zero-order valence-corrected chi connectivity index (χ0v) is 18.2. The molecule has 2 N–H and O–H groups in total. The minimum Gasteiger partial charge on any atom is -0.493 e. The summed E-state index contributed by atoms with van der Waals surface area (Å²) >= 11 is 0. The molecule has 0 saturated carbocycles. The van der Waals surface area contributed by atoms with Crippen LogP contribution in [-0.4, -0.2) is 51.8 Å². The van der Waals surface area contributed by atoms with Crippen LogP contribution in [0.2, 0.25) is 0 Å². The van der Waals surface area contributed by atoms with Crippen LogP contribution in [0.25, 0.3) is 0 Å². The van der Waals surface area contributed by atoms with Crippen molar-refractivity contribution in [3.8, 4) is 11.5 Å². The quantitative estimate of drug-likeness (QED) is 0.475. The number of hydrogen-bond donors (Lipinski definition) is 2. The standard InChI is InChI=1S/C23H34N4O2/c1-18(27(3)17-19-9-7-6-8-10-19)13-14-25-23(24-2)26-16-20-11-12-21(28-4)22(15-20)29-5/h6-12,15,18H,13-14,16-17H2,1-5H3,(H2,24,25,26). The number of nitrogens with zero attached hydrogens (tertiary/aromatic N) is 2. The van der Waals surface area contributed by atoms with Crippen LogP contribution in [-0.2, 0) is 13.1 Å². The third-order valence-electron chi connectivity index (χ3n) is 5.01. The lowest BCUT2D eigenvalue weighted by molar-refractivity contribution is 0.238. The number of benzene rings is 2. The fraction of sp³-hybridized carbons (Fsp3) is 0.435. The van der Waals surface area contributed by atoms with Gasteiger partial charge in [0.05, 0.1) is 14.2 Å². The molecule has 0 spiro atoms. The molecule has 6 heteroatoms. The molecule has 1 unspecified atom stereocenters. The molecule has 0 amide bonds. The Morgan fingerprint density at radius 3 is 2.38 bits per heavy atom. The first kappa shape index (κ1) is 22.6. The van der Waals surface area contributed by atoms with E-state index in [4.69, 9.17) is 9.47 Å². The van der Waals surface area contributed by atoms with Crippen molar-refractivity contribution in [3.05, 3.63) is 59.7 Å². The summed E-state index contributed by atoms with van der Waals surface area (Å²) in [6, 6.07) is 16.9. The second-order valence-electron chi connectivity index (χ2n) is 7.08. The predicted molar refractivity (Wildman–Crippen MR) is 120 cm³/mol. The van der Waals surface area contributed by atoms with Gasteiger partial charge in [0.1, 0.15) is 0 Å². The molecule has 2 aromatic rings. The lowest BCUT2D eigenvalue weighted by atomic mass is 10.1. The summed E-state index contributed by atoms with van der Waals surface area (Å²) in [5.41, 5.74) is 2.43. The van der Waals surface area contributed by atoms with Gasteiger partial charge in [0.2, 0.25) is 0 Å². The summed E-state index contributed by atoms with van der Waals surface area (Å²) < 4.78 is 10.6. The van der Waals surface area contributed by atoms with Crippen LogP contribution in [0.1, 0.15) is 24.5 Å². The first-order chi connectivity index (χ1) is 14.1. The van der Waals surface area contributed by atoms with Crippen molar-refractivity contribution in [2.45, 2.75) is 32.5 Å². The van der Waals surface area contributed by atoms with Crippen molar-refractivity contribution in [2.24, 2.45) is 4.99 Å². The van der Waals surface area contributed by atoms with Gasteiger partial charge in [-0.25, -0.2) is 0 Å². The Kier molecular flexibility index (Phi) is 9.31. The van der Waals surface area contributed by atoms with Crippen molar-refractivity contribution in [2.75, 3.05) is 34.9 Å². The molecule has 0 fully saturated rings. The van der Waals surface area contributed by atoms with E-state index >= 15 is 0 Å². The van der Waals surface area contributed by atoms with Crippen LogP contribution in [0.5, 0.6) is 11.5 Å². The molecule has 2 rings (SSSR count). The third-order valence-corrected chi connectivity index (χ3v) is 5.01. The minimum absolute atomic E-state index is 0.465. The molecule has 1 atom stereocenters. The number of rotatable bonds is 10. The summed E-state index contributed by atoms with van der Waals surface area (Å²) in [5, 5.41) is 6.74. The van der Waals surface area contributed by atoms with Gasteiger partial charge in [0, 0.05) is 32.7 Å². The molecule has 0 aliphatic heterocycles. The highest BCUT2D eigenvalue weighted by Crippen LogP contribution is 2.27. The van der Waals surface area contributed by atoms with Crippen LogP contribution in [0, 0.1) is 0 Å². The maximum atomic E-state index is 5.36. The molecular weight excluding hydrogens is 364 g/mol.